The Bertz CT molecular complexity index is 899. The molecule has 0 radical (unpaired) electrons. The van der Waals surface area contributed by atoms with Gasteiger partial charge in [0.2, 0.25) is 0 Å². The second kappa shape index (κ2) is 10.9. The molecule has 2 aromatic rings. The van der Waals surface area contributed by atoms with Crippen LogP contribution in [0.1, 0.15) is 22.3 Å². The lowest BCUT2D eigenvalue weighted by atomic mass is 10.2. The molecular weight excluding hydrogens is 396 g/mol. The van der Waals surface area contributed by atoms with Gasteiger partial charge < -0.3 is 14.8 Å². The SMILES string of the molecule is COCCCOc1cccc(CNC(=O)c2ccc(S(=O)(=O)N(C)OC)cc2)c1. The molecule has 1 amide bonds. The van der Waals surface area contributed by atoms with Gasteiger partial charge in [0, 0.05) is 39.3 Å². The van der Waals surface area contributed by atoms with Crippen LogP contribution in [-0.4, -0.2) is 53.3 Å². The number of amides is 1. The molecule has 0 fully saturated rings. The molecular formula is C20H26N2O6S. The molecule has 2 aromatic carbocycles. The molecule has 29 heavy (non-hydrogen) atoms. The second-order valence-corrected chi connectivity index (χ2v) is 8.08. The highest BCUT2D eigenvalue weighted by molar-refractivity contribution is 7.89. The van der Waals surface area contributed by atoms with Crippen molar-refractivity contribution in [1.82, 2.24) is 9.79 Å². The van der Waals surface area contributed by atoms with E-state index in [1.807, 2.05) is 24.3 Å². The third-order valence-corrected chi connectivity index (χ3v) is 5.82. The van der Waals surface area contributed by atoms with Gasteiger partial charge in [-0.1, -0.05) is 16.6 Å². The molecule has 0 saturated heterocycles. The third-order valence-electron chi connectivity index (χ3n) is 4.12. The number of benzene rings is 2. The molecule has 8 nitrogen and oxygen atoms in total. The minimum atomic E-state index is -3.75. The molecule has 0 spiro atoms. The van der Waals surface area contributed by atoms with Crippen molar-refractivity contribution in [3.05, 3.63) is 59.7 Å². The minimum Gasteiger partial charge on any atom is -0.493 e. The van der Waals surface area contributed by atoms with Crippen LogP contribution >= 0.6 is 0 Å². The molecule has 158 valence electrons. The summed E-state index contributed by atoms with van der Waals surface area (Å²) < 4.78 is 35.8. The first-order valence-corrected chi connectivity index (χ1v) is 10.4. The van der Waals surface area contributed by atoms with E-state index in [4.69, 9.17) is 14.3 Å². The Labute approximate surface area is 171 Å². The monoisotopic (exact) mass is 422 g/mol. The third kappa shape index (κ3) is 6.53. The number of carbonyl (C=O) groups excluding carboxylic acids is 1. The summed E-state index contributed by atoms with van der Waals surface area (Å²) in [6.07, 6.45) is 0.795. The number of nitrogens with zero attached hydrogens (tertiary/aromatic N) is 1. The number of nitrogens with one attached hydrogen (secondary N) is 1. The van der Waals surface area contributed by atoms with Gasteiger partial charge in [0.25, 0.3) is 15.9 Å². The lowest BCUT2D eigenvalue weighted by molar-refractivity contribution is -0.0258. The smallest absolute Gasteiger partial charge is 0.264 e. The number of ether oxygens (including phenoxy) is 2. The molecule has 0 aliphatic rings. The lowest BCUT2D eigenvalue weighted by Crippen LogP contribution is -2.26. The summed E-state index contributed by atoms with van der Waals surface area (Å²) in [6.45, 7) is 1.51. The van der Waals surface area contributed by atoms with Gasteiger partial charge in [-0.25, -0.2) is 8.42 Å². The normalized spacial score (nSPS) is 11.4. The maximum atomic E-state index is 12.4. The fraction of sp³-hybridized carbons (Fsp3) is 0.350. The fourth-order valence-corrected chi connectivity index (χ4v) is 3.42. The van der Waals surface area contributed by atoms with Gasteiger partial charge in [0.15, 0.2) is 0 Å². The number of hydroxylamine groups is 1. The molecule has 0 saturated carbocycles. The van der Waals surface area contributed by atoms with Crippen molar-refractivity contribution < 1.29 is 27.5 Å². The molecule has 1 N–H and O–H groups in total. The maximum Gasteiger partial charge on any atom is 0.264 e. The molecule has 0 heterocycles. The summed E-state index contributed by atoms with van der Waals surface area (Å²) in [7, 11) is 0.461. The minimum absolute atomic E-state index is 0.0386. The Morgan fingerprint density at radius 3 is 2.45 bits per heavy atom. The van der Waals surface area contributed by atoms with E-state index in [-0.39, 0.29) is 10.8 Å². The van der Waals surface area contributed by atoms with Crippen LogP contribution in [0.2, 0.25) is 0 Å². The molecule has 0 atom stereocenters. The first kappa shape index (κ1) is 22.8. The number of rotatable bonds is 11. The van der Waals surface area contributed by atoms with Gasteiger partial charge in [-0.05, 0) is 42.0 Å². The molecule has 0 aliphatic heterocycles. The number of methoxy groups -OCH3 is 1. The Morgan fingerprint density at radius 1 is 1.07 bits per heavy atom. The van der Waals surface area contributed by atoms with E-state index in [1.165, 1.54) is 38.4 Å². The van der Waals surface area contributed by atoms with E-state index in [9.17, 15) is 13.2 Å². The van der Waals surface area contributed by atoms with Crippen LogP contribution in [0, 0.1) is 0 Å². The van der Waals surface area contributed by atoms with Gasteiger partial charge in [-0.15, -0.1) is 0 Å². The van der Waals surface area contributed by atoms with Crippen LogP contribution in [0.3, 0.4) is 0 Å². The van der Waals surface area contributed by atoms with Crippen molar-refractivity contribution in [1.29, 1.82) is 0 Å². The topological polar surface area (TPSA) is 94.2 Å². The van der Waals surface area contributed by atoms with E-state index in [1.54, 1.807) is 7.11 Å². The molecule has 2 rings (SSSR count). The first-order valence-electron chi connectivity index (χ1n) is 9.00. The van der Waals surface area contributed by atoms with Crippen molar-refractivity contribution in [2.45, 2.75) is 17.9 Å². The van der Waals surface area contributed by atoms with Crippen molar-refractivity contribution in [2.24, 2.45) is 0 Å². The van der Waals surface area contributed by atoms with Crippen molar-refractivity contribution in [2.75, 3.05) is 34.5 Å². The van der Waals surface area contributed by atoms with Crippen LogP contribution in [0.25, 0.3) is 0 Å². The number of sulfonamides is 1. The number of hydrogen-bond donors (Lipinski definition) is 1. The van der Waals surface area contributed by atoms with E-state index in [0.29, 0.717) is 25.3 Å². The Balaban J connectivity index is 1.94. The molecule has 0 aliphatic carbocycles. The molecule has 0 bridgehead atoms. The van der Waals surface area contributed by atoms with Crippen LogP contribution in [0.5, 0.6) is 5.75 Å². The highest BCUT2D eigenvalue weighted by atomic mass is 32.2. The quantitative estimate of drug-likeness (QED) is 0.441. The van der Waals surface area contributed by atoms with Crippen LogP contribution in [-0.2, 0) is 26.1 Å². The van der Waals surface area contributed by atoms with Gasteiger partial charge in [0.05, 0.1) is 18.6 Å². The highest BCUT2D eigenvalue weighted by Crippen LogP contribution is 2.16. The van der Waals surface area contributed by atoms with E-state index < -0.39 is 10.0 Å². The number of carbonyl (C=O) groups is 1. The molecule has 9 heteroatoms. The first-order chi connectivity index (χ1) is 13.9. The van der Waals surface area contributed by atoms with Crippen LogP contribution in [0.4, 0.5) is 0 Å². The lowest BCUT2D eigenvalue weighted by Gasteiger charge is -2.14. The largest absolute Gasteiger partial charge is 0.493 e. The van der Waals surface area contributed by atoms with E-state index in [0.717, 1.165) is 22.2 Å². The zero-order valence-corrected chi connectivity index (χ0v) is 17.6. The van der Waals surface area contributed by atoms with Gasteiger partial charge >= 0.3 is 0 Å². The zero-order valence-electron chi connectivity index (χ0n) is 16.8. The fourth-order valence-electron chi connectivity index (χ4n) is 2.45. The maximum absolute atomic E-state index is 12.4. The average Bonchev–Trinajstić information content (AvgIpc) is 2.74. The Hall–Kier alpha value is -2.46. The summed E-state index contributed by atoms with van der Waals surface area (Å²) in [5.41, 5.74) is 1.25. The Morgan fingerprint density at radius 2 is 1.79 bits per heavy atom. The second-order valence-electron chi connectivity index (χ2n) is 6.15. The molecule has 0 unspecified atom stereocenters. The van der Waals surface area contributed by atoms with Crippen molar-refractivity contribution in [3.8, 4) is 5.75 Å². The zero-order chi connectivity index (χ0) is 21.3. The standard InChI is InChI=1S/C20H26N2O6S/c1-22(27-3)29(24,25)19-10-8-17(9-11-19)20(23)21-15-16-6-4-7-18(14-16)28-13-5-12-26-2/h4,6-11,14H,5,12-13,15H2,1-3H3,(H,21,23). The van der Waals surface area contributed by atoms with Crippen LogP contribution < -0.4 is 10.1 Å². The van der Waals surface area contributed by atoms with Gasteiger partial charge in [-0.2, -0.15) is 0 Å². The summed E-state index contributed by atoms with van der Waals surface area (Å²) in [4.78, 5) is 17.1. The Kier molecular flexibility index (Phi) is 8.59. The van der Waals surface area contributed by atoms with Crippen molar-refractivity contribution in [3.63, 3.8) is 0 Å². The predicted molar refractivity (Wildman–Crippen MR) is 108 cm³/mol. The van der Waals surface area contributed by atoms with E-state index >= 15 is 0 Å². The van der Waals surface area contributed by atoms with Gasteiger partial charge in [-0.3, -0.25) is 9.63 Å². The average molecular weight is 423 g/mol. The van der Waals surface area contributed by atoms with Crippen LogP contribution in [0.15, 0.2) is 53.4 Å². The predicted octanol–water partition coefficient (Wildman–Crippen LogP) is 2.21. The summed E-state index contributed by atoms with van der Waals surface area (Å²) >= 11 is 0. The highest BCUT2D eigenvalue weighted by Gasteiger charge is 2.20. The van der Waals surface area contributed by atoms with Crippen molar-refractivity contribution >= 4 is 15.9 Å². The molecule has 0 aromatic heterocycles. The van der Waals surface area contributed by atoms with E-state index in [2.05, 4.69) is 5.32 Å². The van der Waals surface area contributed by atoms with Gasteiger partial charge in [0.1, 0.15) is 5.75 Å². The summed E-state index contributed by atoms with van der Waals surface area (Å²) in [5.74, 6) is 0.421. The summed E-state index contributed by atoms with van der Waals surface area (Å²) in [6, 6.07) is 13.1. The summed E-state index contributed by atoms with van der Waals surface area (Å²) in [5, 5.41) is 2.81. The number of hydrogen-bond acceptors (Lipinski definition) is 6.